The van der Waals surface area contributed by atoms with Crippen LogP contribution in [0.25, 0.3) is 0 Å². The zero-order chi connectivity index (χ0) is 13.1. The van der Waals surface area contributed by atoms with Crippen LogP contribution in [-0.4, -0.2) is 17.4 Å². The fourth-order valence-electron chi connectivity index (χ4n) is 1.54. The molecule has 1 amide bonds. The number of carbonyl (C=O) groups excluding carboxylic acids is 1. The largest absolute Gasteiger partial charge is 0.440 e. The van der Waals surface area contributed by atoms with Crippen molar-refractivity contribution >= 4 is 40.4 Å². The van der Waals surface area contributed by atoms with Crippen LogP contribution in [0.4, 0.5) is 0 Å². The van der Waals surface area contributed by atoms with Gasteiger partial charge in [-0.25, -0.2) is 0 Å². The maximum Gasteiger partial charge on any atom is 0.289 e. The maximum absolute atomic E-state index is 12.1. The molecule has 0 N–H and O–H groups in total. The Balaban J connectivity index is 2.11. The molecule has 0 aliphatic carbocycles. The van der Waals surface area contributed by atoms with E-state index in [9.17, 15) is 4.79 Å². The molecule has 96 valence electrons. The molecule has 0 fully saturated rings. The van der Waals surface area contributed by atoms with Crippen molar-refractivity contribution in [2.75, 3.05) is 6.54 Å². The molecule has 2 rings (SSSR count). The highest BCUT2D eigenvalue weighted by molar-refractivity contribution is 7.16. The van der Waals surface area contributed by atoms with Gasteiger partial charge in [-0.2, -0.15) is 0 Å². The fraction of sp³-hybridized carbons (Fsp3) is 0.250. The van der Waals surface area contributed by atoms with Gasteiger partial charge in [0.15, 0.2) is 11.0 Å². The van der Waals surface area contributed by atoms with Gasteiger partial charge in [-0.1, -0.05) is 11.6 Å². The summed E-state index contributed by atoms with van der Waals surface area (Å²) in [6, 6.07) is 6.88. The molecule has 0 saturated carbocycles. The third kappa shape index (κ3) is 3.07. The zero-order valence-corrected chi connectivity index (χ0v) is 12.0. The molecule has 0 aliphatic heterocycles. The molecule has 2 aromatic heterocycles. The van der Waals surface area contributed by atoms with Crippen molar-refractivity contribution in [3.63, 3.8) is 0 Å². The van der Waals surface area contributed by atoms with Crippen molar-refractivity contribution in [2.45, 2.75) is 13.5 Å². The lowest BCUT2D eigenvalue weighted by molar-refractivity contribution is 0.0722. The summed E-state index contributed by atoms with van der Waals surface area (Å²) in [6.07, 6.45) is 0. The van der Waals surface area contributed by atoms with Gasteiger partial charge in [-0.05, 0) is 42.8 Å². The highest BCUT2D eigenvalue weighted by Gasteiger charge is 2.18. The second-order valence-corrected chi connectivity index (χ2v) is 5.80. The summed E-state index contributed by atoms with van der Waals surface area (Å²) in [5.74, 6) is 0.0819. The summed E-state index contributed by atoms with van der Waals surface area (Å²) in [6.45, 7) is 3.02. The minimum absolute atomic E-state index is 0.172. The normalized spacial score (nSPS) is 10.6. The molecule has 2 heterocycles. The number of nitrogens with zero attached hydrogens (tertiary/aromatic N) is 1. The van der Waals surface area contributed by atoms with Gasteiger partial charge in [-0.3, -0.25) is 4.79 Å². The van der Waals surface area contributed by atoms with Crippen LogP contribution < -0.4 is 0 Å². The molecule has 2 aromatic rings. The number of hydrogen-bond acceptors (Lipinski definition) is 3. The predicted octanol–water partition coefficient (Wildman–Crippen LogP) is 4.31. The molecule has 0 saturated heterocycles. The van der Waals surface area contributed by atoms with Gasteiger partial charge in [0.25, 0.3) is 5.91 Å². The molecule has 0 aliphatic rings. The Morgan fingerprint density at radius 3 is 2.61 bits per heavy atom. The van der Waals surface area contributed by atoms with Crippen molar-refractivity contribution in [3.8, 4) is 0 Å². The monoisotopic (exact) mass is 303 g/mol. The molecule has 6 heteroatoms. The molecule has 0 atom stereocenters. The van der Waals surface area contributed by atoms with Crippen LogP contribution in [-0.2, 0) is 6.54 Å². The summed E-state index contributed by atoms with van der Waals surface area (Å²) in [5.41, 5.74) is 0. The summed E-state index contributed by atoms with van der Waals surface area (Å²) < 4.78 is 5.84. The summed E-state index contributed by atoms with van der Waals surface area (Å²) in [5, 5.41) is 0.216. The molecule has 0 bridgehead atoms. The van der Waals surface area contributed by atoms with Crippen LogP contribution in [0.1, 0.15) is 22.4 Å². The van der Waals surface area contributed by atoms with E-state index in [-0.39, 0.29) is 16.9 Å². The molecule has 0 aromatic carbocycles. The number of amides is 1. The average Bonchev–Trinajstić information content (AvgIpc) is 2.94. The quantitative estimate of drug-likeness (QED) is 0.843. The molecule has 0 unspecified atom stereocenters. The Morgan fingerprint density at radius 2 is 2.11 bits per heavy atom. The zero-order valence-electron chi connectivity index (χ0n) is 9.65. The Hall–Kier alpha value is -0.970. The third-order valence-electron chi connectivity index (χ3n) is 2.43. The van der Waals surface area contributed by atoms with E-state index >= 15 is 0 Å². The SMILES string of the molecule is CCN(Cc1ccc(Cl)s1)C(=O)c1ccc(Cl)o1. The van der Waals surface area contributed by atoms with Crippen molar-refractivity contribution < 1.29 is 9.21 Å². The summed E-state index contributed by atoms with van der Waals surface area (Å²) >= 11 is 13.0. The summed E-state index contributed by atoms with van der Waals surface area (Å²) in [7, 11) is 0. The van der Waals surface area contributed by atoms with Crippen LogP contribution in [0.2, 0.25) is 9.56 Å². The molecule has 0 radical (unpaired) electrons. The Kier molecular flexibility index (Phi) is 4.32. The van der Waals surface area contributed by atoms with Gasteiger partial charge in [0.2, 0.25) is 0 Å². The van der Waals surface area contributed by atoms with Crippen molar-refractivity contribution in [1.82, 2.24) is 4.90 Å². The molecule has 0 spiro atoms. The van der Waals surface area contributed by atoms with E-state index in [2.05, 4.69) is 0 Å². The third-order valence-corrected chi connectivity index (χ3v) is 3.85. The second kappa shape index (κ2) is 5.78. The fourth-order valence-corrected chi connectivity index (χ4v) is 2.79. The van der Waals surface area contributed by atoms with E-state index in [1.54, 1.807) is 17.0 Å². The van der Waals surface area contributed by atoms with E-state index in [1.165, 1.54) is 11.3 Å². The number of furan rings is 1. The lowest BCUT2D eigenvalue weighted by Gasteiger charge is -2.18. The van der Waals surface area contributed by atoms with Gasteiger partial charge >= 0.3 is 0 Å². The lowest BCUT2D eigenvalue weighted by atomic mass is 10.3. The standard InChI is InChI=1S/C12H11Cl2NO2S/c1-2-15(7-8-3-6-11(14)18-8)12(16)9-4-5-10(13)17-9/h3-6H,2,7H2,1H3. The van der Waals surface area contributed by atoms with E-state index in [1.807, 2.05) is 19.1 Å². The second-order valence-electron chi connectivity index (χ2n) is 3.63. The Morgan fingerprint density at radius 1 is 1.33 bits per heavy atom. The number of hydrogen-bond donors (Lipinski definition) is 0. The van der Waals surface area contributed by atoms with Crippen LogP contribution in [0, 0.1) is 0 Å². The maximum atomic E-state index is 12.1. The molecular weight excluding hydrogens is 293 g/mol. The topological polar surface area (TPSA) is 33.5 Å². The molecular formula is C12H11Cl2NO2S. The van der Waals surface area contributed by atoms with Gasteiger partial charge in [0.05, 0.1) is 10.9 Å². The first kappa shape index (κ1) is 13.5. The minimum atomic E-state index is -0.172. The van der Waals surface area contributed by atoms with Gasteiger partial charge in [0, 0.05) is 11.4 Å². The molecule has 18 heavy (non-hydrogen) atoms. The van der Waals surface area contributed by atoms with E-state index in [0.717, 1.165) is 9.21 Å². The van der Waals surface area contributed by atoms with Gasteiger partial charge in [-0.15, -0.1) is 11.3 Å². The number of halogens is 2. The van der Waals surface area contributed by atoms with Crippen LogP contribution in [0.15, 0.2) is 28.7 Å². The predicted molar refractivity (Wildman–Crippen MR) is 73.5 cm³/mol. The van der Waals surface area contributed by atoms with Crippen molar-refractivity contribution in [3.05, 3.63) is 44.5 Å². The van der Waals surface area contributed by atoms with Crippen LogP contribution in [0.5, 0.6) is 0 Å². The first-order valence-corrected chi connectivity index (χ1v) is 6.96. The minimum Gasteiger partial charge on any atom is -0.440 e. The van der Waals surface area contributed by atoms with E-state index < -0.39 is 0 Å². The average molecular weight is 304 g/mol. The highest BCUT2D eigenvalue weighted by atomic mass is 35.5. The first-order chi connectivity index (χ1) is 8.60. The van der Waals surface area contributed by atoms with Crippen LogP contribution >= 0.6 is 34.5 Å². The van der Waals surface area contributed by atoms with Gasteiger partial charge < -0.3 is 9.32 Å². The Labute approximate surface area is 119 Å². The van der Waals surface area contributed by atoms with Crippen molar-refractivity contribution in [1.29, 1.82) is 0 Å². The number of rotatable bonds is 4. The summed E-state index contributed by atoms with van der Waals surface area (Å²) in [4.78, 5) is 14.9. The van der Waals surface area contributed by atoms with E-state index in [4.69, 9.17) is 27.6 Å². The van der Waals surface area contributed by atoms with Crippen LogP contribution in [0.3, 0.4) is 0 Å². The smallest absolute Gasteiger partial charge is 0.289 e. The van der Waals surface area contributed by atoms with Crippen molar-refractivity contribution in [2.24, 2.45) is 0 Å². The molecule has 3 nitrogen and oxygen atoms in total. The number of carbonyl (C=O) groups is 1. The lowest BCUT2D eigenvalue weighted by Crippen LogP contribution is -2.29. The number of thiophene rings is 1. The highest BCUT2D eigenvalue weighted by Crippen LogP contribution is 2.23. The first-order valence-electron chi connectivity index (χ1n) is 5.39. The van der Waals surface area contributed by atoms with E-state index in [0.29, 0.717) is 13.1 Å². The van der Waals surface area contributed by atoms with Gasteiger partial charge in [0.1, 0.15) is 0 Å². The Bertz CT molecular complexity index is 550.